The molecule has 12 heteroatoms. The fourth-order valence-electron chi connectivity index (χ4n) is 5.79. The number of ether oxygens (including phenoxy) is 1. The third-order valence-electron chi connectivity index (χ3n) is 7.98. The molecule has 0 saturated carbocycles. The molecule has 2 aliphatic heterocycles. The predicted octanol–water partition coefficient (Wildman–Crippen LogP) is 4.87. The lowest BCUT2D eigenvalue weighted by molar-refractivity contribution is 0.104. The molecule has 1 unspecified atom stereocenters. The first-order chi connectivity index (χ1) is 21.4. The second-order valence-electron chi connectivity index (χ2n) is 11.4. The Balaban J connectivity index is 1.20. The van der Waals surface area contributed by atoms with E-state index in [2.05, 4.69) is 32.3 Å². The zero-order chi connectivity index (χ0) is 30.2. The van der Waals surface area contributed by atoms with Crippen LogP contribution in [0.1, 0.15) is 42.3 Å². The summed E-state index contributed by atoms with van der Waals surface area (Å²) in [5.74, 6) is 1.24. The van der Waals surface area contributed by atoms with Crippen molar-refractivity contribution in [2.75, 3.05) is 25.5 Å². The Morgan fingerprint density at radius 2 is 2.00 bits per heavy atom. The summed E-state index contributed by atoms with van der Waals surface area (Å²) in [5.41, 5.74) is 5.27. The number of likely N-dealkylation sites (tertiary alicyclic amines) is 1. The molecule has 1 atom stereocenters. The van der Waals surface area contributed by atoms with Crippen LogP contribution in [-0.2, 0) is 13.6 Å². The van der Waals surface area contributed by atoms with Gasteiger partial charge in [0.1, 0.15) is 22.5 Å². The van der Waals surface area contributed by atoms with Crippen LogP contribution in [0, 0.1) is 0 Å². The highest BCUT2D eigenvalue weighted by Crippen LogP contribution is 2.31. The van der Waals surface area contributed by atoms with Gasteiger partial charge in [0, 0.05) is 60.6 Å². The molecular formula is C32H33N9O2S. The number of hydrogen-bond acceptors (Lipinski definition) is 10. The number of fused-ring (bicyclic) bond motifs is 1. The number of piperidine rings is 1. The number of aliphatic imine (C=N–C) groups is 1. The molecule has 6 heterocycles. The normalized spacial score (nSPS) is 17.3. The van der Waals surface area contributed by atoms with Crippen molar-refractivity contribution in [3.8, 4) is 5.75 Å². The number of nitrogens with zero attached hydrogens (tertiary/aromatic N) is 8. The third kappa shape index (κ3) is 5.78. The van der Waals surface area contributed by atoms with Crippen molar-refractivity contribution in [2.45, 2.75) is 38.8 Å². The van der Waals surface area contributed by atoms with Crippen molar-refractivity contribution in [3.05, 3.63) is 92.6 Å². The maximum absolute atomic E-state index is 14.1. The molecule has 2 aliphatic rings. The molecule has 1 N–H and O–H groups in total. The summed E-state index contributed by atoms with van der Waals surface area (Å²) in [5, 5.41) is 11.0. The zero-order valence-electron chi connectivity index (χ0n) is 24.9. The van der Waals surface area contributed by atoms with E-state index >= 15 is 0 Å². The van der Waals surface area contributed by atoms with Crippen LogP contribution in [0.4, 0.5) is 11.6 Å². The Kier molecular flexibility index (Phi) is 7.52. The van der Waals surface area contributed by atoms with Gasteiger partial charge < -0.3 is 15.0 Å². The van der Waals surface area contributed by atoms with Gasteiger partial charge in [0.05, 0.1) is 29.7 Å². The predicted molar refractivity (Wildman–Crippen MR) is 173 cm³/mol. The number of likely N-dealkylation sites (N-methyl/N-ethyl adjacent to an activating group) is 1. The molecule has 0 radical (unpaired) electrons. The van der Waals surface area contributed by atoms with Crippen LogP contribution in [0.2, 0.25) is 0 Å². The van der Waals surface area contributed by atoms with Crippen molar-refractivity contribution >= 4 is 45.4 Å². The topological polar surface area (TPSA) is 115 Å². The number of anilines is 2. The van der Waals surface area contributed by atoms with E-state index in [0.717, 1.165) is 64.6 Å². The first kappa shape index (κ1) is 28.1. The van der Waals surface area contributed by atoms with E-state index in [1.165, 1.54) is 11.3 Å². The standard InChI is InChI=1S/C32H33N9O2S/c1-20-13-27(22-16-35-40(3)17-22)37-29(20)26-14-21-15-34-32(38-30(21)41(31(26)42)19-28-33-10-12-44-28)36-23-6-8-24(9-7-23)43-25-5-4-11-39(2)18-25/h6-10,12,14-17,25H,4-5,11,13,18-19H2,1-3H3,(H,34,36,38). The average molecular weight is 608 g/mol. The van der Waals surface area contributed by atoms with Gasteiger partial charge in [-0.1, -0.05) is 0 Å². The Bertz CT molecular complexity index is 1940. The molecule has 44 heavy (non-hydrogen) atoms. The van der Waals surface area contributed by atoms with Gasteiger partial charge in [-0.25, -0.2) is 9.97 Å². The van der Waals surface area contributed by atoms with Crippen LogP contribution in [0.15, 0.2) is 75.9 Å². The number of aromatic nitrogens is 6. The molecule has 0 spiro atoms. The summed E-state index contributed by atoms with van der Waals surface area (Å²) >= 11 is 1.50. The number of allylic oxidation sites excluding steroid dienone is 1. The van der Waals surface area contributed by atoms with Crippen LogP contribution in [0.3, 0.4) is 0 Å². The SMILES string of the molecule is CC1=C(c2cc3cnc(Nc4ccc(OC5CCCN(C)C5)cc4)nc3n(Cc3nccs3)c2=O)N=C(c2cnn(C)c2)C1. The minimum Gasteiger partial charge on any atom is -0.489 e. The maximum atomic E-state index is 14.1. The zero-order valence-corrected chi connectivity index (χ0v) is 25.7. The first-order valence-electron chi connectivity index (χ1n) is 14.7. The van der Waals surface area contributed by atoms with E-state index in [9.17, 15) is 4.79 Å². The molecule has 1 aromatic carbocycles. The molecule has 0 amide bonds. The Morgan fingerprint density at radius 1 is 1.14 bits per heavy atom. The quantitative estimate of drug-likeness (QED) is 0.266. The molecule has 1 fully saturated rings. The lowest BCUT2D eigenvalue weighted by atomic mass is 10.1. The van der Waals surface area contributed by atoms with E-state index in [-0.39, 0.29) is 11.7 Å². The van der Waals surface area contributed by atoms with Gasteiger partial charge in [-0.15, -0.1) is 11.3 Å². The average Bonchev–Trinajstić information content (AvgIpc) is 3.77. The summed E-state index contributed by atoms with van der Waals surface area (Å²) in [6.07, 6.45) is 10.3. The highest BCUT2D eigenvalue weighted by Gasteiger charge is 2.23. The van der Waals surface area contributed by atoms with Crippen molar-refractivity contribution in [2.24, 2.45) is 12.0 Å². The van der Waals surface area contributed by atoms with Crippen LogP contribution < -0.4 is 15.6 Å². The second kappa shape index (κ2) is 11.8. The summed E-state index contributed by atoms with van der Waals surface area (Å²) in [6, 6.07) is 9.67. The van der Waals surface area contributed by atoms with Crippen LogP contribution in [0.5, 0.6) is 5.75 Å². The van der Waals surface area contributed by atoms with E-state index in [1.54, 1.807) is 27.8 Å². The number of nitrogens with one attached hydrogen (secondary N) is 1. The fraction of sp³-hybridized carbons (Fsp3) is 0.312. The van der Waals surface area contributed by atoms with Crippen molar-refractivity contribution in [1.82, 2.24) is 34.2 Å². The lowest BCUT2D eigenvalue weighted by Crippen LogP contribution is -2.38. The van der Waals surface area contributed by atoms with Gasteiger partial charge in [-0.2, -0.15) is 10.1 Å². The first-order valence-corrected chi connectivity index (χ1v) is 15.6. The molecule has 1 saturated heterocycles. The molecule has 224 valence electrons. The van der Waals surface area contributed by atoms with Crippen molar-refractivity contribution in [3.63, 3.8) is 0 Å². The summed E-state index contributed by atoms with van der Waals surface area (Å²) in [6.45, 7) is 4.37. The minimum atomic E-state index is -0.169. The highest BCUT2D eigenvalue weighted by atomic mass is 32.1. The van der Waals surface area contributed by atoms with E-state index < -0.39 is 0 Å². The smallest absolute Gasteiger partial charge is 0.262 e. The molecule has 4 aromatic heterocycles. The van der Waals surface area contributed by atoms with Crippen LogP contribution >= 0.6 is 11.3 Å². The van der Waals surface area contributed by atoms with Crippen molar-refractivity contribution < 1.29 is 4.74 Å². The molecule has 0 bridgehead atoms. The van der Waals surface area contributed by atoms with E-state index in [4.69, 9.17) is 14.7 Å². The van der Waals surface area contributed by atoms with Crippen LogP contribution in [-0.4, -0.2) is 66.2 Å². The second-order valence-corrected chi connectivity index (χ2v) is 12.4. The number of pyridine rings is 1. The Labute approximate surface area is 258 Å². The maximum Gasteiger partial charge on any atom is 0.262 e. The molecule has 5 aromatic rings. The number of hydrogen-bond donors (Lipinski definition) is 1. The number of rotatable bonds is 8. The van der Waals surface area contributed by atoms with E-state index in [0.29, 0.717) is 35.8 Å². The summed E-state index contributed by atoms with van der Waals surface area (Å²) in [4.78, 5) is 35.1. The Hall–Kier alpha value is -4.68. The fourth-order valence-corrected chi connectivity index (χ4v) is 6.39. The highest BCUT2D eigenvalue weighted by molar-refractivity contribution is 7.09. The summed E-state index contributed by atoms with van der Waals surface area (Å²) < 4.78 is 9.63. The molecule has 0 aliphatic carbocycles. The van der Waals surface area contributed by atoms with Gasteiger partial charge in [0.15, 0.2) is 0 Å². The van der Waals surface area contributed by atoms with Crippen molar-refractivity contribution in [1.29, 1.82) is 0 Å². The van der Waals surface area contributed by atoms with Gasteiger partial charge in [0.2, 0.25) is 5.95 Å². The van der Waals surface area contributed by atoms with Gasteiger partial charge in [0.25, 0.3) is 5.56 Å². The van der Waals surface area contributed by atoms with Gasteiger partial charge in [-0.3, -0.25) is 19.0 Å². The van der Waals surface area contributed by atoms with Crippen LogP contribution in [0.25, 0.3) is 16.7 Å². The number of aryl methyl sites for hydroxylation is 1. The largest absolute Gasteiger partial charge is 0.489 e. The Morgan fingerprint density at radius 3 is 2.75 bits per heavy atom. The minimum absolute atomic E-state index is 0.169. The lowest BCUT2D eigenvalue weighted by Gasteiger charge is -2.30. The monoisotopic (exact) mass is 607 g/mol. The number of thiazole rings is 1. The molecule has 7 rings (SSSR count). The van der Waals surface area contributed by atoms with E-state index in [1.807, 2.05) is 55.9 Å². The van der Waals surface area contributed by atoms with Gasteiger partial charge in [-0.05, 0) is 69.3 Å². The van der Waals surface area contributed by atoms with Gasteiger partial charge >= 0.3 is 0 Å². The summed E-state index contributed by atoms with van der Waals surface area (Å²) in [7, 11) is 4.01. The number of benzene rings is 1. The third-order valence-corrected chi connectivity index (χ3v) is 8.74. The molecule has 11 nitrogen and oxygen atoms in total. The molecular weight excluding hydrogens is 574 g/mol.